The number of hydrogen-bond acceptors (Lipinski definition) is 3. The predicted octanol–water partition coefficient (Wildman–Crippen LogP) is 1.89. The molecule has 0 spiro atoms. The lowest BCUT2D eigenvalue weighted by atomic mass is 10.1. The van der Waals surface area contributed by atoms with Crippen molar-refractivity contribution >= 4 is 11.5 Å². The van der Waals surface area contributed by atoms with Gasteiger partial charge in [0.05, 0.1) is 0 Å². The van der Waals surface area contributed by atoms with Crippen LogP contribution in [0.5, 0.6) is 0 Å². The highest BCUT2D eigenvalue weighted by Gasteiger charge is 2.11. The molecule has 19 heavy (non-hydrogen) atoms. The number of anilines is 1. The van der Waals surface area contributed by atoms with Crippen LogP contribution in [-0.4, -0.2) is 44.0 Å². The molecule has 4 heteroatoms. The smallest absolute Gasteiger partial charge is 0.122 e. The van der Waals surface area contributed by atoms with E-state index >= 15 is 0 Å². The van der Waals surface area contributed by atoms with Crippen molar-refractivity contribution in [2.45, 2.75) is 19.3 Å². The van der Waals surface area contributed by atoms with E-state index in [0.717, 1.165) is 17.8 Å². The Bertz CT molecular complexity index is 424. The molecule has 1 aromatic rings. The standard InChI is InChI=1S/C15H24N4/c1-18(8-5-11-19-9-2-3-10-19)14-7-4-6-13(12-14)15(16)17/h4,6-7,12H,2-3,5,8-11H2,1H3,(H3,16,17). The van der Waals surface area contributed by atoms with Gasteiger partial charge >= 0.3 is 0 Å². The van der Waals surface area contributed by atoms with Crippen LogP contribution in [0.25, 0.3) is 0 Å². The van der Waals surface area contributed by atoms with E-state index in [1.165, 1.54) is 38.9 Å². The highest BCUT2D eigenvalue weighted by atomic mass is 15.1. The second-order valence-corrected chi connectivity index (χ2v) is 5.29. The Labute approximate surface area is 115 Å². The van der Waals surface area contributed by atoms with Gasteiger partial charge in [0.2, 0.25) is 0 Å². The lowest BCUT2D eigenvalue weighted by Crippen LogP contribution is -2.26. The number of nitrogen functional groups attached to an aromatic ring is 1. The summed E-state index contributed by atoms with van der Waals surface area (Å²) >= 11 is 0. The number of nitrogens with one attached hydrogen (secondary N) is 1. The quantitative estimate of drug-likeness (QED) is 0.606. The van der Waals surface area contributed by atoms with Crippen LogP contribution in [0.3, 0.4) is 0 Å². The summed E-state index contributed by atoms with van der Waals surface area (Å²) in [5.74, 6) is 0.132. The normalized spacial score (nSPS) is 15.6. The monoisotopic (exact) mass is 260 g/mol. The van der Waals surface area contributed by atoms with Crippen LogP contribution in [0.2, 0.25) is 0 Å². The van der Waals surface area contributed by atoms with Gasteiger partial charge in [0.15, 0.2) is 0 Å². The third-order valence-electron chi connectivity index (χ3n) is 3.76. The van der Waals surface area contributed by atoms with E-state index in [2.05, 4.69) is 22.9 Å². The summed E-state index contributed by atoms with van der Waals surface area (Å²) in [6, 6.07) is 7.90. The summed E-state index contributed by atoms with van der Waals surface area (Å²) in [4.78, 5) is 4.78. The molecule has 0 unspecified atom stereocenters. The second kappa shape index (κ2) is 6.57. The van der Waals surface area contributed by atoms with Gasteiger partial charge in [0, 0.05) is 24.8 Å². The maximum absolute atomic E-state index is 7.48. The first-order chi connectivity index (χ1) is 9.16. The van der Waals surface area contributed by atoms with E-state index in [-0.39, 0.29) is 5.84 Å². The van der Waals surface area contributed by atoms with Crippen molar-refractivity contribution in [1.82, 2.24) is 4.90 Å². The lowest BCUT2D eigenvalue weighted by Gasteiger charge is -2.22. The minimum Gasteiger partial charge on any atom is -0.384 e. The molecular formula is C15H24N4. The lowest BCUT2D eigenvalue weighted by molar-refractivity contribution is 0.335. The van der Waals surface area contributed by atoms with Crippen LogP contribution in [-0.2, 0) is 0 Å². The summed E-state index contributed by atoms with van der Waals surface area (Å²) in [7, 11) is 2.10. The van der Waals surface area contributed by atoms with Crippen molar-refractivity contribution in [2.24, 2.45) is 5.73 Å². The van der Waals surface area contributed by atoms with Gasteiger partial charge in [-0.05, 0) is 51.0 Å². The number of nitrogens with zero attached hydrogens (tertiary/aromatic N) is 2. The van der Waals surface area contributed by atoms with Crippen molar-refractivity contribution < 1.29 is 0 Å². The van der Waals surface area contributed by atoms with Crippen molar-refractivity contribution in [3.63, 3.8) is 0 Å². The molecule has 1 aliphatic rings. The van der Waals surface area contributed by atoms with Gasteiger partial charge < -0.3 is 15.5 Å². The zero-order valence-electron chi connectivity index (χ0n) is 11.7. The number of benzene rings is 1. The van der Waals surface area contributed by atoms with Gasteiger partial charge in [-0.15, -0.1) is 0 Å². The fraction of sp³-hybridized carbons (Fsp3) is 0.533. The SMILES string of the molecule is CN(CCCN1CCCC1)c1cccc(C(=N)N)c1. The Hall–Kier alpha value is -1.55. The summed E-state index contributed by atoms with van der Waals surface area (Å²) in [6.07, 6.45) is 3.90. The van der Waals surface area contributed by atoms with Crippen LogP contribution in [0.1, 0.15) is 24.8 Å². The van der Waals surface area contributed by atoms with E-state index in [9.17, 15) is 0 Å². The number of nitrogens with two attached hydrogens (primary N) is 1. The fourth-order valence-corrected chi connectivity index (χ4v) is 2.58. The summed E-state index contributed by atoms with van der Waals surface area (Å²) in [6.45, 7) is 4.77. The topological polar surface area (TPSA) is 56.4 Å². The molecule has 1 aromatic carbocycles. The number of hydrogen-bond donors (Lipinski definition) is 2. The van der Waals surface area contributed by atoms with Gasteiger partial charge in [-0.3, -0.25) is 5.41 Å². The van der Waals surface area contributed by atoms with Crippen LogP contribution in [0.4, 0.5) is 5.69 Å². The Morgan fingerprint density at radius 1 is 1.37 bits per heavy atom. The largest absolute Gasteiger partial charge is 0.384 e. The third-order valence-corrected chi connectivity index (χ3v) is 3.76. The van der Waals surface area contributed by atoms with Crippen LogP contribution in [0.15, 0.2) is 24.3 Å². The Kier molecular flexibility index (Phi) is 4.80. The maximum atomic E-state index is 7.48. The number of rotatable bonds is 6. The molecular weight excluding hydrogens is 236 g/mol. The minimum absolute atomic E-state index is 0.132. The molecule has 1 heterocycles. The Balaban J connectivity index is 1.83. The minimum atomic E-state index is 0.132. The molecule has 0 aromatic heterocycles. The average Bonchev–Trinajstić information content (AvgIpc) is 2.92. The Morgan fingerprint density at radius 2 is 2.11 bits per heavy atom. The van der Waals surface area contributed by atoms with Crippen molar-refractivity contribution in [1.29, 1.82) is 5.41 Å². The first kappa shape index (κ1) is 13.9. The van der Waals surface area contributed by atoms with Crippen molar-refractivity contribution in [3.8, 4) is 0 Å². The number of amidine groups is 1. The molecule has 0 bridgehead atoms. The molecule has 0 radical (unpaired) electrons. The average molecular weight is 260 g/mol. The van der Waals surface area contributed by atoms with Crippen molar-refractivity contribution in [2.75, 3.05) is 38.1 Å². The molecule has 0 aliphatic carbocycles. The molecule has 104 valence electrons. The van der Waals surface area contributed by atoms with E-state index < -0.39 is 0 Å². The molecule has 3 N–H and O–H groups in total. The fourth-order valence-electron chi connectivity index (χ4n) is 2.58. The zero-order chi connectivity index (χ0) is 13.7. The molecule has 1 fully saturated rings. The van der Waals surface area contributed by atoms with Crippen LogP contribution >= 0.6 is 0 Å². The first-order valence-corrected chi connectivity index (χ1v) is 7.05. The van der Waals surface area contributed by atoms with E-state index in [0.29, 0.717) is 0 Å². The van der Waals surface area contributed by atoms with E-state index in [4.69, 9.17) is 11.1 Å². The first-order valence-electron chi connectivity index (χ1n) is 7.05. The molecule has 2 rings (SSSR count). The van der Waals surface area contributed by atoms with Gasteiger partial charge in [-0.25, -0.2) is 0 Å². The zero-order valence-corrected chi connectivity index (χ0v) is 11.7. The van der Waals surface area contributed by atoms with Crippen molar-refractivity contribution in [3.05, 3.63) is 29.8 Å². The molecule has 1 aliphatic heterocycles. The van der Waals surface area contributed by atoms with Gasteiger partial charge in [-0.2, -0.15) is 0 Å². The molecule has 0 amide bonds. The Morgan fingerprint density at radius 3 is 2.79 bits per heavy atom. The third kappa shape index (κ3) is 3.96. The molecule has 0 saturated carbocycles. The summed E-state index contributed by atoms with van der Waals surface area (Å²) in [5, 5.41) is 7.48. The van der Waals surface area contributed by atoms with Gasteiger partial charge in [-0.1, -0.05) is 12.1 Å². The van der Waals surface area contributed by atoms with Crippen LogP contribution < -0.4 is 10.6 Å². The van der Waals surface area contributed by atoms with Gasteiger partial charge in [0.25, 0.3) is 0 Å². The maximum Gasteiger partial charge on any atom is 0.122 e. The summed E-state index contributed by atoms with van der Waals surface area (Å²) < 4.78 is 0. The molecule has 4 nitrogen and oxygen atoms in total. The van der Waals surface area contributed by atoms with E-state index in [1.807, 2.05) is 18.2 Å². The highest BCUT2D eigenvalue weighted by molar-refractivity contribution is 5.95. The molecule has 1 saturated heterocycles. The predicted molar refractivity (Wildman–Crippen MR) is 81.0 cm³/mol. The van der Waals surface area contributed by atoms with E-state index in [1.54, 1.807) is 0 Å². The molecule has 0 atom stereocenters. The number of likely N-dealkylation sites (tertiary alicyclic amines) is 1. The summed E-state index contributed by atoms with van der Waals surface area (Å²) in [5.41, 5.74) is 7.45. The van der Waals surface area contributed by atoms with Gasteiger partial charge in [0.1, 0.15) is 5.84 Å². The van der Waals surface area contributed by atoms with Crippen LogP contribution in [0, 0.1) is 5.41 Å². The second-order valence-electron chi connectivity index (χ2n) is 5.29. The highest BCUT2D eigenvalue weighted by Crippen LogP contribution is 2.15.